The summed E-state index contributed by atoms with van der Waals surface area (Å²) < 4.78 is 0. The Balaban J connectivity index is 1.80. The van der Waals surface area contributed by atoms with E-state index in [9.17, 15) is 9.59 Å². The Morgan fingerprint density at radius 2 is 2.03 bits per heavy atom. The zero-order valence-corrected chi connectivity index (χ0v) is 16.4. The van der Waals surface area contributed by atoms with Gasteiger partial charge in [-0.1, -0.05) is 6.92 Å². The first-order valence-electron chi connectivity index (χ1n) is 9.77. The van der Waals surface area contributed by atoms with Gasteiger partial charge in [-0.05, 0) is 54.7 Å². The molecule has 0 unspecified atom stereocenters. The van der Waals surface area contributed by atoms with E-state index in [-0.39, 0.29) is 23.9 Å². The molecule has 1 saturated carbocycles. The molecule has 7 nitrogen and oxygen atoms in total. The number of primary amides is 1. The molecule has 1 aromatic carbocycles. The van der Waals surface area contributed by atoms with Gasteiger partial charge in [0.05, 0.1) is 17.9 Å². The van der Waals surface area contributed by atoms with Crippen LogP contribution in [0.25, 0.3) is 0 Å². The van der Waals surface area contributed by atoms with Crippen molar-refractivity contribution in [3.05, 3.63) is 53.3 Å². The third-order valence-corrected chi connectivity index (χ3v) is 5.91. The first-order valence-corrected chi connectivity index (χ1v) is 9.77. The van der Waals surface area contributed by atoms with Crippen LogP contribution in [0.5, 0.6) is 0 Å². The number of pyridine rings is 1. The van der Waals surface area contributed by atoms with E-state index in [4.69, 9.17) is 11.0 Å². The number of nitrogens with two attached hydrogens (primary N) is 1. The van der Waals surface area contributed by atoms with Gasteiger partial charge in [0.15, 0.2) is 0 Å². The van der Waals surface area contributed by atoms with Crippen molar-refractivity contribution in [3.63, 3.8) is 0 Å². The molecule has 2 heterocycles. The van der Waals surface area contributed by atoms with Crippen LogP contribution in [0.3, 0.4) is 0 Å². The van der Waals surface area contributed by atoms with Gasteiger partial charge in [0.1, 0.15) is 11.8 Å². The van der Waals surface area contributed by atoms with Crippen molar-refractivity contribution >= 4 is 23.2 Å². The van der Waals surface area contributed by atoms with E-state index in [1.54, 1.807) is 31.3 Å². The number of nitriles is 1. The maximum atomic E-state index is 12.6. The molecule has 1 aromatic heterocycles. The number of rotatable bonds is 4. The van der Waals surface area contributed by atoms with E-state index in [0.717, 1.165) is 29.8 Å². The lowest BCUT2D eigenvalue weighted by molar-refractivity contribution is -0.117. The minimum absolute atomic E-state index is 0.000291. The van der Waals surface area contributed by atoms with E-state index in [2.05, 4.69) is 17.2 Å². The molecule has 4 rings (SSSR count). The normalized spacial score (nSPS) is 23.1. The zero-order chi connectivity index (χ0) is 20.7. The highest BCUT2D eigenvalue weighted by Crippen LogP contribution is 2.50. The van der Waals surface area contributed by atoms with E-state index >= 15 is 0 Å². The minimum atomic E-state index is -0.502. The fourth-order valence-corrected chi connectivity index (χ4v) is 4.44. The number of benzene rings is 1. The van der Waals surface area contributed by atoms with Crippen molar-refractivity contribution in [2.45, 2.75) is 38.8 Å². The fraction of sp³-hybridized carbons (Fsp3) is 0.364. The van der Waals surface area contributed by atoms with E-state index in [0.29, 0.717) is 17.2 Å². The van der Waals surface area contributed by atoms with Crippen LogP contribution in [0.1, 0.15) is 54.3 Å². The van der Waals surface area contributed by atoms with Crippen LogP contribution < -0.4 is 16.0 Å². The zero-order valence-electron chi connectivity index (χ0n) is 16.4. The molecule has 3 atom stereocenters. The van der Waals surface area contributed by atoms with Gasteiger partial charge in [0, 0.05) is 30.1 Å². The summed E-state index contributed by atoms with van der Waals surface area (Å²) in [4.78, 5) is 30.4. The Hall–Kier alpha value is -3.40. The predicted molar refractivity (Wildman–Crippen MR) is 109 cm³/mol. The third-order valence-electron chi connectivity index (χ3n) is 5.91. The highest BCUT2D eigenvalue weighted by Gasteiger charge is 2.47. The van der Waals surface area contributed by atoms with Gasteiger partial charge in [0.2, 0.25) is 11.8 Å². The van der Waals surface area contributed by atoms with Crippen LogP contribution >= 0.6 is 0 Å². The third kappa shape index (κ3) is 3.42. The number of hydrogen-bond acceptors (Lipinski definition) is 5. The van der Waals surface area contributed by atoms with Gasteiger partial charge in [-0.3, -0.25) is 9.59 Å². The summed E-state index contributed by atoms with van der Waals surface area (Å²) >= 11 is 0. The van der Waals surface area contributed by atoms with Crippen molar-refractivity contribution in [1.29, 1.82) is 5.26 Å². The number of carbonyl (C=O) groups excluding carboxylic acids is 2. The molecule has 1 aliphatic heterocycles. The summed E-state index contributed by atoms with van der Waals surface area (Å²) in [5.74, 6) is 0.0807. The minimum Gasteiger partial charge on any atom is -0.377 e. The molecule has 148 valence electrons. The highest BCUT2D eigenvalue weighted by atomic mass is 16.2. The summed E-state index contributed by atoms with van der Waals surface area (Å²) in [6.07, 6.45) is 3.85. The number of amides is 2. The quantitative estimate of drug-likeness (QED) is 0.835. The highest BCUT2D eigenvalue weighted by molar-refractivity contribution is 5.97. The Morgan fingerprint density at radius 3 is 2.59 bits per heavy atom. The molecule has 0 bridgehead atoms. The fourth-order valence-electron chi connectivity index (χ4n) is 4.44. The average Bonchev–Trinajstić information content (AvgIpc) is 3.54. The SMILES string of the molecule is CC(=O)N1c2ccc(C(N)=O)cc2[C@H](Nc2ccc(C#N)nc2)[C@@H](C)[C@@H]1C1CC1. The van der Waals surface area contributed by atoms with Crippen molar-refractivity contribution in [3.8, 4) is 6.07 Å². The smallest absolute Gasteiger partial charge is 0.248 e. The maximum Gasteiger partial charge on any atom is 0.248 e. The molecule has 7 heteroatoms. The van der Waals surface area contributed by atoms with Crippen LogP contribution in [0.2, 0.25) is 0 Å². The summed E-state index contributed by atoms with van der Waals surface area (Å²) in [5.41, 5.74) is 8.73. The Labute approximate surface area is 169 Å². The van der Waals surface area contributed by atoms with Gasteiger partial charge >= 0.3 is 0 Å². The summed E-state index contributed by atoms with van der Waals surface area (Å²) in [6, 6.07) is 10.7. The van der Waals surface area contributed by atoms with Gasteiger partial charge in [0.25, 0.3) is 0 Å². The maximum absolute atomic E-state index is 12.6. The largest absolute Gasteiger partial charge is 0.377 e. The number of anilines is 2. The second-order valence-corrected chi connectivity index (χ2v) is 7.88. The Bertz CT molecular complexity index is 1010. The van der Waals surface area contributed by atoms with Crippen molar-refractivity contribution in [1.82, 2.24) is 4.98 Å². The molecule has 3 N–H and O–H groups in total. The van der Waals surface area contributed by atoms with Crippen LogP contribution in [-0.2, 0) is 4.79 Å². The molecular weight excluding hydrogens is 366 g/mol. The van der Waals surface area contributed by atoms with Crippen molar-refractivity contribution in [2.24, 2.45) is 17.6 Å². The van der Waals surface area contributed by atoms with Crippen LogP contribution in [0.15, 0.2) is 36.5 Å². The Morgan fingerprint density at radius 1 is 1.28 bits per heavy atom. The molecule has 2 aromatic rings. The van der Waals surface area contributed by atoms with Gasteiger partial charge in [-0.2, -0.15) is 5.26 Å². The molecule has 0 spiro atoms. The lowest BCUT2D eigenvalue weighted by Gasteiger charge is -2.46. The Kier molecular flexibility index (Phi) is 4.71. The molecule has 2 aliphatic rings. The van der Waals surface area contributed by atoms with E-state index in [1.807, 2.05) is 23.1 Å². The number of nitrogens with one attached hydrogen (secondary N) is 1. The van der Waals surface area contributed by atoms with Crippen molar-refractivity contribution in [2.75, 3.05) is 10.2 Å². The monoisotopic (exact) mass is 389 g/mol. The summed E-state index contributed by atoms with van der Waals surface area (Å²) in [5, 5.41) is 12.5. The van der Waals surface area contributed by atoms with Crippen LogP contribution in [0, 0.1) is 23.2 Å². The van der Waals surface area contributed by atoms with E-state index in [1.165, 1.54) is 0 Å². The number of aromatic nitrogens is 1. The number of nitrogens with zero attached hydrogens (tertiary/aromatic N) is 3. The first kappa shape index (κ1) is 18.9. The molecular formula is C22H23N5O2. The lowest BCUT2D eigenvalue weighted by atomic mass is 9.79. The molecule has 0 saturated heterocycles. The first-order chi connectivity index (χ1) is 13.9. The second-order valence-electron chi connectivity index (χ2n) is 7.88. The summed E-state index contributed by atoms with van der Waals surface area (Å²) in [6.45, 7) is 3.72. The molecule has 1 fully saturated rings. The number of fused-ring (bicyclic) bond motifs is 1. The number of hydrogen-bond donors (Lipinski definition) is 2. The van der Waals surface area contributed by atoms with E-state index < -0.39 is 5.91 Å². The molecule has 2 amide bonds. The second kappa shape index (κ2) is 7.21. The average molecular weight is 389 g/mol. The number of carbonyl (C=O) groups is 2. The standard InChI is InChI=1S/C22H23N5O2/c1-12-20(26-17-7-6-16(10-23)25-11-17)18-9-15(22(24)29)5-8-19(18)27(13(2)28)21(12)14-3-4-14/h5-9,11-12,14,20-21,26H,3-4H2,1-2H3,(H2,24,29)/t12-,20-,21-/m1/s1. The van der Waals surface area contributed by atoms with Crippen LogP contribution in [0.4, 0.5) is 11.4 Å². The molecule has 1 aliphatic carbocycles. The van der Waals surface area contributed by atoms with Gasteiger partial charge in [-0.15, -0.1) is 0 Å². The van der Waals surface area contributed by atoms with Gasteiger partial charge < -0.3 is 16.0 Å². The van der Waals surface area contributed by atoms with Gasteiger partial charge in [-0.25, -0.2) is 4.98 Å². The predicted octanol–water partition coefficient (Wildman–Crippen LogP) is 2.99. The lowest BCUT2D eigenvalue weighted by Crippen LogP contribution is -2.51. The van der Waals surface area contributed by atoms with Crippen LogP contribution in [-0.4, -0.2) is 22.8 Å². The molecule has 0 radical (unpaired) electrons. The topological polar surface area (TPSA) is 112 Å². The molecule has 29 heavy (non-hydrogen) atoms. The summed E-state index contributed by atoms with van der Waals surface area (Å²) in [7, 11) is 0. The van der Waals surface area contributed by atoms with Crippen molar-refractivity contribution < 1.29 is 9.59 Å².